The van der Waals surface area contributed by atoms with Crippen LogP contribution in [0.4, 0.5) is 0 Å². The molecule has 0 aliphatic rings. The van der Waals surface area contributed by atoms with E-state index < -0.39 is 11.9 Å². The lowest BCUT2D eigenvalue weighted by Crippen LogP contribution is -2.29. The number of carboxylic acid groups (broad SMARTS) is 1. The number of carboxylic acids is 1. The van der Waals surface area contributed by atoms with Gasteiger partial charge in [-0.05, 0) is 34.1 Å². The fourth-order valence-electron chi connectivity index (χ4n) is 0.925. The minimum atomic E-state index is -1.07. The Bertz CT molecular complexity index is 406. The predicted molar refractivity (Wildman–Crippen MR) is 61.8 cm³/mol. The summed E-state index contributed by atoms with van der Waals surface area (Å²) in [5.74, 6) is -1.49. The van der Waals surface area contributed by atoms with Gasteiger partial charge in [-0.3, -0.25) is 9.59 Å². The van der Waals surface area contributed by atoms with Crippen molar-refractivity contribution in [1.82, 2.24) is 5.32 Å². The summed E-state index contributed by atoms with van der Waals surface area (Å²) in [5.41, 5.74) is 0.402. The van der Waals surface area contributed by atoms with Crippen molar-refractivity contribution in [2.45, 2.75) is 0 Å². The minimum Gasteiger partial charge on any atom is -0.480 e. The molecule has 80 valence electrons. The van der Waals surface area contributed by atoms with Gasteiger partial charge in [0.25, 0.3) is 5.91 Å². The molecule has 0 aromatic heterocycles. The Morgan fingerprint density at radius 2 is 2.00 bits per heavy atom. The highest BCUT2D eigenvalue weighted by Crippen LogP contribution is 2.21. The Morgan fingerprint density at radius 3 is 2.53 bits per heavy atom. The zero-order valence-electron chi connectivity index (χ0n) is 7.46. The van der Waals surface area contributed by atoms with E-state index in [1.807, 2.05) is 0 Å². The van der Waals surface area contributed by atoms with Crippen molar-refractivity contribution in [3.05, 3.63) is 32.7 Å². The molecule has 0 heterocycles. The van der Waals surface area contributed by atoms with Crippen LogP contribution >= 0.6 is 31.9 Å². The van der Waals surface area contributed by atoms with Crippen molar-refractivity contribution in [2.24, 2.45) is 0 Å². The van der Waals surface area contributed by atoms with E-state index in [2.05, 4.69) is 37.2 Å². The van der Waals surface area contributed by atoms with Gasteiger partial charge < -0.3 is 10.4 Å². The average Bonchev–Trinajstić information content (AvgIpc) is 2.14. The number of rotatable bonds is 3. The number of amides is 1. The van der Waals surface area contributed by atoms with Gasteiger partial charge in [0, 0.05) is 8.95 Å². The maximum Gasteiger partial charge on any atom is 0.322 e. The number of halogens is 2. The molecule has 0 aliphatic carbocycles. The van der Waals surface area contributed by atoms with Gasteiger partial charge in [-0.15, -0.1) is 0 Å². The standard InChI is InChI=1S/C9H7Br2NO3/c10-5-1-2-6(7(11)3-5)9(15)12-4-8(13)14/h1-3H,4H2,(H,12,15)(H,13,14). The van der Waals surface area contributed by atoms with E-state index in [1.165, 1.54) is 0 Å². The van der Waals surface area contributed by atoms with Crippen LogP contribution in [0.5, 0.6) is 0 Å². The highest BCUT2D eigenvalue weighted by atomic mass is 79.9. The lowest BCUT2D eigenvalue weighted by molar-refractivity contribution is -0.135. The van der Waals surface area contributed by atoms with Crippen LogP contribution in [-0.4, -0.2) is 23.5 Å². The molecule has 0 aliphatic heterocycles. The van der Waals surface area contributed by atoms with Crippen molar-refractivity contribution in [3.8, 4) is 0 Å². The molecule has 4 nitrogen and oxygen atoms in total. The van der Waals surface area contributed by atoms with Gasteiger partial charge in [0.2, 0.25) is 0 Å². The molecule has 0 bridgehead atoms. The molecule has 1 aromatic carbocycles. The molecule has 2 N–H and O–H groups in total. The molecule has 0 radical (unpaired) electrons. The minimum absolute atomic E-state index is 0.388. The largest absolute Gasteiger partial charge is 0.480 e. The van der Waals surface area contributed by atoms with Gasteiger partial charge in [-0.25, -0.2) is 0 Å². The monoisotopic (exact) mass is 335 g/mol. The number of hydrogen-bond donors (Lipinski definition) is 2. The predicted octanol–water partition coefficient (Wildman–Crippen LogP) is 2.03. The molecule has 0 fully saturated rings. The summed E-state index contributed by atoms with van der Waals surface area (Å²) in [6.45, 7) is -0.388. The van der Waals surface area contributed by atoms with Gasteiger partial charge in [-0.2, -0.15) is 0 Å². The van der Waals surface area contributed by atoms with Crippen LogP contribution in [0.25, 0.3) is 0 Å². The zero-order valence-corrected chi connectivity index (χ0v) is 10.6. The van der Waals surface area contributed by atoms with E-state index in [1.54, 1.807) is 18.2 Å². The second kappa shape index (κ2) is 5.27. The summed E-state index contributed by atoms with van der Waals surface area (Å²) in [6.07, 6.45) is 0. The fraction of sp³-hybridized carbons (Fsp3) is 0.111. The molecule has 1 amide bonds. The number of carbonyl (C=O) groups excluding carboxylic acids is 1. The Balaban J connectivity index is 2.78. The fourth-order valence-corrected chi connectivity index (χ4v) is 2.15. The van der Waals surface area contributed by atoms with E-state index in [0.29, 0.717) is 10.0 Å². The summed E-state index contributed by atoms with van der Waals surface area (Å²) in [4.78, 5) is 21.7. The maximum atomic E-state index is 11.5. The van der Waals surface area contributed by atoms with Crippen LogP contribution in [-0.2, 0) is 4.79 Å². The van der Waals surface area contributed by atoms with Gasteiger partial charge in [0.05, 0.1) is 5.56 Å². The van der Waals surface area contributed by atoms with Crippen molar-refractivity contribution >= 4 is 43.7 Å². The number of hydrogen-bond acceptors (Lipinski definition) is 2. The Kier molecular flexibility index (Phi) is 4.28. The smallest absolute Gasteiger partial charge is 0.322 e. The third-order valence-corrected chi connectivity index (χ3v) is 2.73. The molecule has 6 heteroatoms. The third kappa shape index (κ3) is 3.64. The quantitative estimate of drug-likeness (QED) is 0.887. The van der Waals surface area contributed by atoms with Crippen molar-refractivity contribution in [3.63, 3.8) is 0 Å². The molecule has 0 atom stereocenters. The van der Waals surface area contributed by atoms with Crippen LogP contribution in [0.1, 0.15) is 10.4 Å². The lowest BCUT2D eigenvalue weighted by atomic mass is 10.2. The van der Waals surface area contributed by atoms with Gasteiger partial charge in [0.1, 0.15) is 6.54 Å². The van der Waals surface area contributed by atoms with Crippen molar-refractivity contribution in [2.75, 3.05) is 6.54 Å². The molecular weight excluding hydrogens is 330 g/mol. The lowest BCUT2D eigenvalue weighted by Gasteiger charge is -2.04. The first kappa shape index (κ1) is 12.2. The molecule has 1 aromatic rings. The van der Waals surface area contributed by atoms with Crippen LogP contribution < -0.4 is 5.32 Å². The van der Waals surface area contributed by atoms with E-state index in [-0.39, 0.29) is 6.54 Å². The first-order chi connectivity index (χ1) is 7.00. The third-order valence-electron chi connectivity index (χ3n) is 1.58. The van der Waals surface area contributed by atoms with Crippen molar-refractivity contribution < 1.29 is 14.7 Å². The van der Waals surface area contributed by atoms with Crippen LogP contribution in [0, 0.1) is 0 Å². The van der Waals surface area contributed by atoms with Gasteiger partial charge >= 0.3 is 5.97 Å². The van der Waals surface area contributed by atoms with E-state index in [0.717, 1.165) is 4.47 Å². The summed E-state index contributed by atoms with van der Waals surface area (Å²) in [5, 5.41) is 10.7. The molecule has 0 spiro atoms. The summed E-state index contributed by atoms with van der Waals surface area (Å²) >= 11 is 6.47. The molecular formula is C9H7Br2NO3. The molecule has 0 unspecified atom stereocenters. The van der Waals surface area contributed by atoms with Crippen LogP contribution in [0.2, 0.25) is 0 Å². The SMILES string of the molecule is O=C(O)CNC(=O)c1ccc(Br)cc1Br. The first-order valence-corrected chi connectivity index (χ1v) is 5.54. The van der Waals surface area contributed by atoms with E-state index in [4.69, 9.17) is 5.11 Å². The van der Waals surface area contributed by atoms with Crippen LogP contribution in [0.15, 0.2) is 27.1 Å². The number of nitrogens with one attached hydrogen (secondary N) is 1. The second-order valence-electron chi connectivity index (χ2n) is 2.70. The molecule has 0 saturated heterocycles. The van der Waals surface area contributed by atoms with Gasteiger partial charge in [-0.1, -0.05) is 15.9 Å². The zero-order chi connectivity index (χ0) is 11.4. The van der Waals surface area contributed by atoms with Crippen molar-refractivity contribution in [1.29, 1.82) is 0 Å². The summed E-state index contributed by atoms with van der Waals surface area (Å²) < 4.78 is 1.45. The highest BCUT2D eigenvalue weighted by Gasteiger charge is 2.10. The van der Waals surface area contributed by atoms with E-state index >= 15 is 0 Å². The van der Waals surface area contributed by atoms with E-state index in [9.17, 15) is 9.59 Å². The first-order valence-electron chi connectivity index (χ1n) is 3.95. The number of benzene rings is 1. The molecule has 0 saturated carbocycles. The summed E-state index contributed by atoms with van der Waals surface area (Å²) in [7, 11) is 0. The van der Waals surface area contributed by atoms with Crippen LogP contribution in [0.3, 0.4) is 0 Å². The summed E-state index contributed by atoms with van der Waals surface area (Å²) in [6, 6.07) is 5.03. The number of carbonyl (C=O) groups is 2. The molecule has 1 rings (SSSR count). The Labute approximate surface area is 103 Å². The highest BCUT2D eigenvalue weighted by molar-refractivity contribution is 9.11. The maximum absolute atomic E-state index is 11.5. The average molecular weight is 337 g/mol. The van der Waals surface area contributed by atoms with Gasteiger partial charge in [0.15, 0.2) is 0 Å². The topological polar surface area (TPSA) is 66.4 Å². The Morgan fingerprint density at radius 1 is 1.33 bits per heavy atom. The second-order valence-corrected chi connectivity index (χ2v) is 4.47. The normalized spacial score (nSPS) is 9.73. The number of aliphatic carboxylic acids is 1. The molecule has 15 heavy (non-hydrogen) atoms. The Hall–Kier alpha value is -0.880.